The van der Waals surface area contributed by atoms with Crippen molar-refractivity contribution in [1.29, 1.82) is 0 Å². The summed E-state index contributed by atoms with van der Waals surface area (Å²) in [4.78, 5) is 0. The molecule has 3 rings (SSSR count). The van der Waals surface area contributed by atoms with Gasteiger partial charge >= 0.3 is 0 Å². The van der Waals surface area contributed by atoms with E-state index in [0.717, 1.165) is 30.6 Å². The highest BCUT2D eigenvalue weighted by Crippen LogP contribution is 2.36. The van der Waals surface area contributed by atoms with E-state index in [4.69, 9.17) is 0 Å². The highest BCUT2D eigenvalue weighted by atomic mass is 15.3. The third-order valence-corrected chi connectivity index (χ3v) is 3.88. The van der Waals surface area contributed by atoms with Crippen LogP contribution < -0.4 is 5.32 Å². The van der Waals surface area contributed by atoms with Crippen LogP contribution in [0.4, 0.5) is 0 Å². The average Bonchev–Trinajstić information content (AvgIpc) is 3.20. The van der Waals surface area contributed by atoms with Crippen molar-refractivity contribution in [3.63, 3.8) is 0 Å². The number of hydrogen-bond donors (Lipinski definition) is 1. The summed E-state index contributed by atoms with van der Waals surface area (Å²) >= 11 is 0. The Hall–Kier alpha value is -1.61. The Morgan fingerprint density at radius 1 is 1.32 bits per heavy atom. The molecule has 0 amide bonds. The second-order valence-corrected chi connectivity index (χ2v) is 5.57. The third kappa shape index (κ3) is 3.24. The molecule has 1 saturated carbocycles. The lowest BCUT2D eigenvalue weighted by Gasteiger charge is -2.10. The van der Waals surface area contributed by atoms with Gasteiger partial charge in [0.25, 0.3) is 0 Å². The van der Waals surface area contributed by atoms with Crippen molar-refractivity contribution in [2.24, 2.45) is 11.8 Å². The molecule has 1 aliphatic carbocycles. The van der Waals surface area contributed by atoms with Crippen molar-refractivity contribution in [3.05, 3.63) is 48.3 Å². The lowest BCUT2D eigenvalue weighted by Crippen LogP contribution is -2.21. The molecule has 2 aromatic rings. The zero-order valence-electron chi connectivity index (χ0n) is 11.4. The number of benzene rings is 1. The second kappa shape index (κ2) is 5.57. The summed E-state index contributed by atoms with van der Waals surface area (Å²) in [5, 5.41) is 7.94. The van der Waals surface area contributed by atoms with Crippen LogP contribution in [0.25, 0.3) is 5.69 Å². The van der Waals surface area contributed by atoms with E-state index in [1.54, 1.807) is 0 Å². The molecule has 0 radical (unpaired) electrons. The van der Waals surface area contributed by atoms with Gasteiger partial charge in [-0.05, 0) is 43.4 Å². The average molecular weight is 255 g/mol. The summed E-state index contributed by atoms with van der Waals surface area (Å²) < 4.78 is 1.93. The minimum Gasteiger partial charge on any atom is -0.312 e. The van der Waals surface area contributed by atoms with Crippen LogP contribution in [0.5, 0.6) is 0 Å². The van der Waals surface area contributed by atoms with Gasteiger partial charge in [0.1, 0.15) is 0 Å². The summed E-state index contributed by atoms with van der Waals surface area (Å²) in [5.74, 6) is 1.78. The first-order chi connectivity index (χ1) is 9.33. The Morgan fingerprint density at radius 2 is 2.11 bits per heavy atom. The van der Waals surface area contributed by atoms with Gasteiger partial charge in [0.15, 0.2) is 0 Å². The lowest BCUT2D eigenvalue weighted by molar-refractivity contribution is 0.461. The Bertz CT molecular complexity index is 514. The normalized spacial score (nSPS) is 16.5. The smallest absolute Gasteiger partial charge is 0.0645 e. The molecule has 0 bridgehead atoms. The topological polar surface area (TPSA) is 29.9 Å². The molecule has 19 heavy (non-hydrogen) atoms. The summed E-state index contributed by atoms with van der Waals surface area (Å²) in [7, 11) is 0. The van der Waals surface area contributed by atoms with Crippen LogP contribution in [0.15, 0.2) is 42.7 Å². The maximum atomic E-state index is 4.41. The van der Waals surface area contributed by atoms with E-state index in [1.165, 1.54) is 18.4 Å². The van der Waals surface area contributed by atoms with Gasteiger partial charge in [-0.3, -0.25) is 0 Å². The van der Waals surface area contributed by atoms with Crippen LogP contribution in [0.3, 0.4) is 0 Å². The van der Waals surface area contributed by atoms with Gasteiger partial charge in [0.2, 0.25) is 0 Å². The Labute approximate surface area is 114 Å². The number of hydrogen-bond acceptors (Lipinski definition) is 2. The van der Waals surface area contributed by atoms with E-state index in [1.807, 2.05) is 29.1 Å². The predicted molar refractivity (Wildman–Crippen MR) is 77.2 cm³/mol. The number of nitrogens with one attached hydrogen (secondary N) is 1. The molecule has 1 aromatic heterocycles. The molecule has 3 nitrogen and oxygen atoms in total. The predicted octanol–water partition coefficient (Wildman–Crippen LogP) is 3.01. The van der Waals surface area contributed by atoms with Crippen molar-refractivity contribution >= 4 is 0 Å². The van der Waals surface area contributed by atoms with E-state index in [0.29, 0.717) is 0 Å². The first kappa shape index (κ1) is 12.4. The Kier molecular flexibility index (Phi) is 3.65. The molecular weight excluding hydrogens is 234 g/mol. The van der Waals surface area contributed by atoms with Gasteiger partial charge in [0, 0.05) is 18.3 Å². The zero-order chi connectivity index (χ0) is 13.1. The quantitative estimate of drug-likeness (QED) is 0.860. The van der Waals surface area contributed by atoms with Gasteiger partial charge in [-0.2, -0.15) is 5.10 Å². The SMILES string of the molecule is CC(CNCc1cnn(-c2ccccc2)c1)C1CC1. The first-order valence-corrected chi connectivity index (χ1v) is 7.12. The minimum atomic E-state index is 0.809. The van der Waals surface area contributed by atoms with Crippen molar-refractivity contribution in [3.8, 4) is 5.69 Å². The number of nitrogens with zero attached hydrogens (tertiary/aromatic N) is 2. The molecular formula is C16H21N3. The molecule has 1 atom stereocenters. The van der Waals surface area contributed by atoms with Gasteiger partial charge < -0.3 is 5.32 Å². The molecule has 1 heterocycles. The number of para-hydroxylation sites is 1. The van der Waals surface area contributed by atoms with E-state index in [2.05, 4.69) is 35.7 Å². The highest BCUT2D eigenvalue weighted by molar-refractivity contribution is 5.30. The number of aromatic nitrogens is 2. The second-order valence-electron chi connectivity index (χ2n) is 5.57. The van der Waals surface area contributed by atoms with E-state index in [9.17, 15) is 0 Å². The fourth-order valence-corrected chi connectivity index (χ4v) is 2.45. The van der Waals surface area contributed by atoms with Gasteiger partial charge in [0.05, 0.1) is 11.9 Å². The van der Waals surface area contributed by atoms with Crippen LogP contribution in [-0.2, 0) is 6.54 Å². The van der Waals surface area contributed by atoms with E-state index < -0.39 is 0 Å². The minimum absolute atomic E-state index is 0.809. The zero-order valence-corrected chi connectivity index (χ0v) is 11.4. The monoisotopic (exact) mass is 255 g/mol. The van der Waals surface area contributed by atoms with Gasteiger partial charge in [-0.15, -0.1) is 0 Å². The highest BCUT2D eigenvalue weighted by Gasteiger charge is 2.27. The molecule has 3 heteroatoms. The standard InChI is InChI=1S/C16H21N3/c1-13(15-7-8-15)9-17-10-14-11-18-19(12-14)16-5-3-2-4-6-16/h2-6,11-13,15,17H,7-10H2,1H3. The molecule has 100 valence electrons. The molecule has 0 spiro atoms. The van der Waals surface area contributed by atoms with E-state index >= 15 is 0 Å². The van der Waals surface area contributed by atoms with Crippen molar-refractivity contribution < 1.29 is 0 Å². The molecule has 0 saturated heterocycles. The molecule has 1 aromatic carbocycles. The maximum absolute atomic E-state index is 4.41. The summed E-state index contributed by atoms with van der Waals surface area (Å²) in [5.41, 5.74) is 2.35. The van der Waals surface area contributed by atoms with Gasteiger partial charge in [-0.1, -0.05) is 25.1 Å². The van der Waals surface area contributed by atoms with Crippen molar-refractivity contribution in [1.82, 2.24) is 15.1 Å². The van der Waals surface area contributed by atoms with Crippen molar-refractivity contribution in [2.45, 2.75) is 26.3 Å². The maximum Gasteiger partial charge on any atom is 0.0645 e. The van der Waals surface area contributed by atoms with E-state index in [-0.39, 0.29) is 0 Å². The van der Waals surface area contributed by atoms with Crippen LogP contribution in [-0.4, -0.2) is 16.3 Å². The third-order valence-electron chi connectivity index (χ3n) is 3.88. The summed E-state index contributed by atoms with van der Waals surface area (Å²) in [6.07, 6.45) is 6.90. The van der Waals surface area contributed by atoms with Crippen molar-refractivity contribution in [2.75, 3.05) is 6.54 Å². The molecule has 0 aliphatic heterocycles. The Morgan fingerprint density at radius 3 is 2.84 bits per heavy atom. The fraction of sp³-hybridized carbons (Fsp3) is 0.438. The van der Waals surface area contributed by atoms with Crippen LogP contribution in [0.2, 0.25) is 0 Å². The largest absolute Gasteiger partial charge is 0.312 e. The first-order valence-electron chi connectivity index (χ1n) is 7.12. The molecule has 1 unspecified atom stereocenters. The Balaban J connectivity index is 1.53. The van der Waals surface area contributed by atoms with Gasteiger partial charge in [-0.25, -0.2) is 4.68 Å². The molecule has 1 aliphatic rings. The van der Waals surface area contributed by atoms with Crippen LogP contribution in [0, 0.1) is 11.8 Å². The molecule has 1 N–H and O–H groups in total. The summed E-state index contributed by atoms with van der Waals surface area (Å²) in [6, 6.07) is 10.2. The number of rotatable bonds is 6. The summed E-state index contributed by atoms with van der Waals surface area (Å²) in [6.45, 7) is 4.36. The molecule has 1 fully saturated rings. The van der Waals surface area contributed by atoms with Crippen LogP contribution >= 0.6 is 0 Å². The fourth-order valence-electron chi connectivity index (χ4n) is 2.45. The lowest BCUT2D eigenvalue weighted by atomic mass is 10.1. The van der Waals surface area contributed by atoms with Crippen LogP contribution in [0.1, 0.15) is 25.3 Å².